The number of benzene rings is 1. The van der Waals surface area contributed by atoms with Gasteiger partial charge < -0.3 is 14.4 Å². The minimum atomic E-state index is -0.680. The van der Waals surface area contributed by atoms with E-state index in [9.17, 15) is 14.0 Å². The summed E-state index contributed by atoms with van der Waals surface area (Å²) < 4.78 is 26.0. The van der Waals surface area contributed by atoms with Crippen LogP contribution in [0.4, 0.5) is 10.1 Å². The molecule has 2 atom stereocenters. The predicted octanol–water partition coefficient (Wildman–Crippen LogP) is 3.96. The summed E-state index contributed by atoms with van der Waals surface area (Å²) in [6.07, 6.45) is 2.09. The van der Waals surface area contributed by atoms with E-state index in [0.717, 1.165) is 0 Å². The first-order valence-corrected chi connectivity index (χ1v) is 10.3. The molecule has 7 heteroatoms. The van der Waals surface area contributed by atoms with Gasteiger partial charge in [0.1, 0.15) is 11.6 Å². The van der Waals surface area contributed by atoms with Crippen molar-refractivity contribution in [2.45, 2.75) is 52.2 Å². The van der Waals surface area contributed by atoms with Gasteiger partial charge in [-0.3, -0.25) is 9.59 Å². The summed E-state index contributed by atoms with van der Waals surface area (Å²) in [5.74, 6) is 0.570. The lowest BCUT2D eigenvalue weighted by atomic mass is 10.1. The summed E-state index contributed by atoms with van der Waals surface area (Å²) >= 11 is 0. The Bertz CT molecular complexity index is 974. The number of ether oxygens (including phenoxy) is 2. The third-order valence-corrected chi connectivity index (χ3v) is 5.78. The maximum Gasteiger partial charge on any atom is 0.268 e. The van der Waals surface area contributed by atoms with Crippen molar-refractivity contribution in [2.24, 2.45) is 5.92 Å². The quantitative estimate of drug-likeness (QED) is 0.718. The summed E-state index contributed by atoms with van der Waals surface area (Å²) in [4.78, 5) is 30.6. The van der Waals surface area contributed by atoms with E-state index in [1.54, 1.807) is 18.2 Å². The molecule has 0 radical (unpaired) electrons. The number of hydrogen-bond donors (Lipinski definition) is 0. The van der Waals surface area contributed by atoms with Gasteiger partial charge in [-0.05, 0) is 43.0 Å². The third-order valence-electron chi connectivity index (χ3n) is 5.78. The van der Waals surface area contributed by atoms with E-state index in [4.69, 9.17) is 9.47 Å². The van der Waals surface area contributed by atoms with E-state index in [2.05, 4.69) is 18.8 Å². The van der Waals surface area contributed by atoms with Crippen LogP contribution in [0.5, 0.6) is 11.6 Å². The number of hydrogen-bond acceptors (Lipinski definition) is 5. The van der Waals surface area contributed by atoms with Crippen LogP contribution in [0, 0.1) is 11.7 Å². The Balaban J connectivity index is 1.44. The Hall–Kier alpha value is -2.96. The molecule has 1 fully saturated rings. The molecule has 1 aliphatic heterocycles. The number of carbonyl (C=O) groups excluding carboxylic acids is 2. The molecule has 158 valence electrons. The lowest BCUT2D eigenvalue weighted by molar-refractivity contribution is -0.122. The largest absolute Gasteiger partial charge is 0.479 e. The molecule has 2 aromatic rings. The van der Waals surface area contributed by atoms with Crippen molar-refractivity contribution in [3.8, 4) is 11.6 Å². The molecule has 1 amide bonds. The highest BCUT2D eigenvalue weighted by Crippen LogP contribution is 2.32. The number of fused-ring (bicyclic) bond motifs is 1. The summed E-state index contributed by atoms with van der Waals surface area (Å²) in [6.45, 7) is 6.53. The molecule has 0 N–H and O–H groups in total. The Kier molecular flexibility index (Phi) is 5.45. The van der Waals surface area contributed by atoms with E-state index in [0.29, 0.717) is 60.2 Å². The molecule has 1 saturated heterocycles. The van der Waals surface area contributed by atoms with Gasteiger partial charge >= 0.3 is 0 Å². The van der Waals surface area contributed by atoms with Crippen LogP contribution in [-0.2, 0) is 11.2 Å². The first kappa shape index (κ1) is 20.3. The van der Waals surface area contributed by atoms with Crippen molar-refractivity contribution in [2.75, 3.05) is 11.4 Å². The van der Waals surface area contributed by atoms with Crippen LogP contribution in [0.2, 0.25) is 0 Å². The third kappa shape index (κ3) is 3.88. The second kappa shape index (κ2) is 8.05. The van der Waals surface area contributed by atoms with Gasteiger partial charge in [-0.1, -0.05) is 13.8 Å². The SMILES string of the molecule is CC(C)C(C)Oc1ccc(OC2CCN(c3cc(F)c4c(c3)C(=O)CC4)C2=O)cn1. The number of anilines is 1. The van der Waals surface area contributed by atoms with Crippen molar-refractivity contribution in [3.05, 3.63) is 47.4 Å². The van der Waals surface area contributed by atoms with Crippen LogP contribution in [0.15, 0.2) is 30.5 Å². The second-order valence-corrected chi connectivity index (χ2v) is 8.16. The molecule has 2 unspecified atom stereocenters. The average molecular weight is 412 g/mol. The highest BCUT2D eigenvalue weighted by molar-refractivity contribution is 6.04. The van der Waals surface area contributed by atoms with Crippen LogP contribution < -0.4 is 14.4 Å². The molecular formula is C23H25FN2O4. The molecule has 4 rings (SSSR count). The first-order chi connectivity index (χ1) is 14.3. The molecule has 2 heterocycles. The maximum atomic E-state index is 14.4. The number of aromatic nitrogens is 1. The smallest absolute Gasteiger partial charge is 0.268 e. The zero-order valence-electron chi connectivity index (χ0n) is 17.4. The van der Waals surface area contributed by atoms with Crippen LogP contribution in [-0.4, -0.2) is 35.4 Å². The molecule has 1 aromatic carbocycles. The van der Waals surface area contributed by atoms with Crippen LogP contribution >= 0.6 is 0 Å². The van der Waals surface area contributed by atoms with Crippen LogP contribution in [0.25, 0.3) is 0 Å². The highest BCUT2D eigenvalue weighted by Gasteiger charge is 2.36. The number of pyridine rings is 1. The summed E-state index contributed by atoms with van der Waals surface area (Å²) in [5, 5.41) is 0. The zero-order chi connectivity index (χ0) is 21.4. The van der Waals surface area contributed by atoms with Crippen molar-refractivity contribution in [3.63, 3.8) is 0 Å². The molecule has 1 aromatic heterocycles. The van der Waals surface area contributed by atoms with Gasteiger partial charge in [0.05, 0.1) is 12.3 Å². The Morgan fingerprint density at radius 3 is 2.67 bits per heavy atom. The fourth-order valence-electron chi connectivity index (χ4n) is 3.67. The Labute approximate surface area is 175 Å². The van der Waals surface area contributed by atoms with E-state index < -0.39 is 11.9 Å². The predicted molar refractivity (Wildman–Crippen MR) is 110 cm³/mol. The molecule has 0 saturated carbocycles. The lowest BCUT2D eigenvalue weighted by Gasteiger charge is -2.19. The van der Waals surface area contributed by atoms with Gasteiger partial charge in [0.25, 0.3) is 5.91 Å². The number of amides is 1. The fourth-order valence-corrected chi connectivity index (χ4v) is 3.67. The molecule has 0 bridgehead atoms. The second-order valence-electron chi connectivity index (χ2n) is 8.16. The molecule has 1 aliphatic carbocycles. The summed E-state index contributed by atoms with van der Waals surface area (Å²) in [5.41, 5.74) is 1.24. The van der Waals surface area contributed by atoms with E-state index in [1.165, 1.54) is 17.2 Å². The normalized spacial score (nSPS) is 19.4. The van der Waals surface area contributed by atoms with E-state index in [1.807, 2.05) is 6.92 Å². The van der Waals surface area contributed by atoms with Gasteiger partial charge in [-0.2, -0.15) is 0 Å². The summed E-state index contributed by atoms with van der Waals surface area (Å²) in [7, 11) is 0. The van der Waals surface area contributed by atoms with Gasteiger partial charge in [0, 0.05) is 36.7 Å². The van der Waals surface area contributed by atoms with Crippen molar-refractivity contribution in [1.29, 1.82) is 0 Å². The number of rotatable bonds is 6. The average Bonchev–Trinajstić information content (AvgIpc) is 3.27. The Morgan fingerprint density at radius 1 is 1.17 bits per heavy atom. The number of ketones is 1. The van der Waals surface area contributed by atoms with Crippen molar-refractivity contribution in [1.82, 2.24) is 4.98 Å². The molecule has 6 nitrogen and oxygen atoms in total. The highest BCUT2D eigenvalue weighted by atomic mass is 19.1. The molecule has 0 spiro atoms. The van der Waals surface area contributed by atoms with Gasteiger partial charge in [-0.15, -0.1) is 0 Å². The van der Waals surface area contributed by atoms with Gasteiger partial charge in [0.15, 0.2) is 11.9 Å². The zero-order valence-corrected chi connectivity index (χ0v) is 17.4. The van der Waals surface area contributed by atoms with Gasteiger partial charge in [0.2, 0.25) is 5.88 Å². The van der Waals surface area contributed by atoms with Gasteiger partial charge in [-0.25, -0.2) is 9.37 Å². The number of nitrogens with zero attached hydrogens (tertiary/aromatic N) is 2. The first-order valence-electron chi connectivity index (χ1n) is 10.3. The fraction of sp³-hybridized carbons (Fsp3) is 0.435. The molecule has 2 aliphatic rings. The van der Waals surface area contributed by atoms with Crippen LogP contribution in [0.1, 0.15) is 49.5 Å². The maximum absolute atomic E-state index is 14.4. The van der Waals surface area contributed by atoms with Crippen molar-refractivity contribution >= 4 is 17.4 Å². The standard InChI is InChI=1S/C23H25FN2O4/c1-13(2)14(3)29-22-7-4-16(12-25-22)30-21-8-9-26(23(21)28)15-10-18-17(19(24)11-15)5-6-20(18)27/h4,7,10-14,21H,5-6,8-9H2,1-3H3. The molecular weight excluding hydrogens is 387 g/mol. The lowest BCUT2D eigenvalue weighted by Crippen LogP contribution is -2.32. The molecule has 30 heavy (non-hydrogen) atoms. The Morgan fingerprint density at radius 2 is 1.97 bits per heavy atom. The number of Topliss-reactive ketones (excluding diaryl/α,β-unsaturated/α-hetero) is 1. The van der Waals surface area contributed by atoms with Crippen LogP contribution in [0.3, 0.4) is 0 Å². The summed E-state index contributed by atoms with van der Waals surface area (Å²) in [6, 6.07) is 6.39. The van der Waals surface area contributed by atoms with E-state index in [-0.39, 0.29) is 17.8 Å². The number of halogens is 1. The monoisotopic (exact) mass is 412 g/mol. The topological polar surface area (TPSA) is 68.7 Å². The van der Waals surface area contributed by atoms with Crippen molar-refractivity contribution < 1.29 is 23.5 Å². The minimum Gasteiger partial charge on any atom is -0.479 e. The van der Waals surface area contributed by atoms with E-state index >= 15 is 0 Å². The minimum absolute atomic E-state index is 0.0360. The number of carbonyl (C=O) groups is 2.